The summed E-state index contributed by atoms with van der Waals surface area (Å²) in [6.07, 6.45) is 3.18. The van der Waals surface area contributed by atoms with E-state index >= 15 is 0 Å². The van der Waals surface area contributed by atoms with Crippen molar-refractivity contribution in [3.05, 3.63) is 29.8 Å². The van der Waals surface area contributed by atoms with E-state index in [0.29, 0.717) is 11.8 Å². The minimum absolute atomic E-state index is 0.331. The van der Waals surface area contributed by atoms with Gasteiger partial charge in [0.25, 0.3) is 0 Å². The van der Waals surface area contributed by atoms with Crippen LogP contribution in [0.25, 0.3) is 0 Å². The van der Waals surface area contributed by atoms with E-state index in [1.807, 2.05) is 23.9 Å². The number of aromatic hydroxyl groups is 1. The molecular weight excluding hydrogens is 206 g/mol. The van der Waals surface area contributed by atoms with E-state index in [0.717, 1.165) is 18.7 Å². The first kappa shape index (κ1) is 12.4. The average molecular weight is 225 g/mol. The molecule has 1 unspecified atom stereocenters. The minimum Gasteiger partial charge on any atom is -0.508 e. The lowest BCUT2D eigenvalue weighted by atomic mass is 10.0. The number of rotatable bonds is 6. The summed E-state index contributed by atoms with van der Waals surface area (Å²) in [5, 5.41) is 12.7. The summed E-state index contributed by atoms with van der Waals surface area (Å²) < 4.78 is 0. The van der Waals surface area contributed by atoms with Crippen LogP contribution in [0, 0.1) is 0 Å². The average Bonchev–Trinajstić information content (AvgIpc) is 2.26. The van der Waals surface area contributed by atoms with Crippen molar-refractivity contribution in [2.75, 3.05) is 18.6 Å². The molecule has 0 saturated carbocycles. The highest BCUT2D eigenvalue weighted by molar-refractivity contribution is 7.98. The van der Waals surface area contributed by atoms with Crippen LogP contribution in [-0.4, -0.2) is 23.7 Å². The first-order valence-electron chi connectivity index (χ1n) is 5.29. The first-order valence-corrected chi connectivity index (χ1v) is 6.68. The fourth-order valence-corrected chi connectivity index (χ4v) is 1.86. The highest BCUT2D eigenvalue weighted by atomic mass is 32.2. The van der Waals surface area contributed by atoms with Crippen molar-refractivity contribution in [1.82, 2.24) is 5.32 Å². The number of phenolic OH excluding ortho intramolecular Hbond substituents is 1. The number of phenols is 1. The van der Waals surface area contributed by atoms with Crippen LogP contribution >= 0.6 is 11.8 Å². The topological polar surface area (TPSA) is 32.3 Å². The molecule has 0 radical (unpaired) electrons. The predicted molar refractivity (Wildman–Crippen MR) is 67.5 cm³/mol. The number of thioether (sulfide) groups is 1. The van der Waals surface area contributed by atoms with E-state index in [4.69, 9.17) is 0 Å². The molecule has 0 aliphatic carbocycles. The van der Waals surface area contributed by atoms with Gasteiger partial charge in [-0.15, -0.1) is 0 Å². The molecule has 1 aromatic rings. The lowest BCUT2D eigenvalue weighted by molar-refractivity contribution is 0.473. The van der Waals surface area contributed by atoms with Crippen LogP contribution in [0.3, 0.4) is 0 Å². The molecule has 0 spiro atoms. The van der Waals surface area contributed by atoms with Crippen LogP contribution in [0.4, 0.5) is 0 Å². The number of hydrogen-bond donors (Lipinski definition) is 2. The molecule has 0 aliphatic rings. The molecule has 0 amide bonds. The first-order chi connectivity index (χ1) is 7.27. The maximum absolute atomic E-state index is 9.20. The van der Waals surface area contributed by atoms with Crippen molar-refractivity contribution in [2.24, 2.45) is 0 Å². The Morgan fingerprint density at radius 3 is 2.53 bits per heavy atom. The molecule has 2 N–H and O–H groups in total. The van der Waals surface area contributed by atoms with Gasteiger partial charge in [-0.1, -0.05) is 19.1 Å². The van der Waals surface area contributed by atoms with Gasteiger partial charge < -0.3 is 10.4 Å². The van der Waals surface area contributed by atoms with Gasteiger partial charge in [0, 0.05) is 18.3 Å². The summed E-state index contributed by atoms with van der Waals surface area (Å²) in [6, 6.07) is 7.85. The predicted octanol–water partition coefficient (Wildman–Crippen LogP) is 2.80. The number of nitrogens with one attached hydrogen (secondary N) is 1. The summed E-state index contributed by atoms with van der Waals surface area (Å²) in [5.74, 6) is 1.46. The lowest BCUT2D eigenvalue weighted by Crippen LogP contribution is -2.23. The lowest BCUT2D eigenvalue weighted by Gasteiger charge is -2.17. The van der Waals surface area contributed by atoms with E-state index in [1.54, 1.807) is 12.1 Å². The van der Waals surface area contributed by atoms with E-state index < -0.39 is 0 Å². The largest absolute Gasteiger partial charge is 0.508 e. The SMILES string of the molecule is CCC(NCCSC)c1ccc(O)cc1. The van der Waals surface area contributed by atoms with Crippen LogP contribution in [0.2, 0.25) is 0 Å². The van der Waals surface area contributed by atoms with Crippen LogP contribution in [-0.2, 0) is 0 Å². The quantitative estimate of drug-likeness (QED) is 0.730. The van der Waals surface area contributed by atoms with Crippen LogP contribution in [0.1, 0.15) is 24.9 Å². The molecule has 0 aromatic heterocycles. The van der Waals surface area contributed by atoms with E-state index in [1.165, 1.54) is 5.56 Å². The van der Waals surface area contributed by atoms with E-state index in [2.05, 4.69) is 18.5 Å². The summed E-state index contributed by atoms with van der Waals surface area (Å²) >= 11 is 1.85. The van der Waals surface area contributed by atoms with Gasteiger partial charge in [-0.2, -0.15) is 11.8 Å². The van der Waals surface area contributed by atoms with Gasteiger partial charge >= 0.3 is 0 Å². The Hall–Kier alpha value is -0.670. The normalized spacial score (nSPS) is 12.7. The van der Waals surface area contributed by atoms with Gasteiger partial charge in [-0.25, -0.2) is 0 Å². The summed E-state index contributed by atoms with van der Waals surface area (Å²) in [4.78, 5) is 0. The minimum atomic E-state index is 0.331. The van der Waals surface area contributed by atoms with Crippen molar-refractivity contribution < 1.29 is 5.11 Å². The van der Waals surface area contributed by atoms with Gasteiger partial charge in [0.2, 0.25) is 0 Å². The van der Waals surface area contributed by atoms with Gasteiger partial charge in [0.05, 0.1) is 0 Å². The zero-order valence-corrected chi connectivity index (χ0v) is 10.2. The van der Waals surface area contributed by atoms with Crippen molar-refractivity contribution in [1.29, 1.82) is 0 Å². The smallest absolute Gasteiger partial charge is 0.115 e. The van der Waals surface area contributed by atoms with Gasteiger partial charge in [-0.05, 0) is 30.4 Å². The number of hydrogen-bond acceptors (Lipinski definition) is 3. The Labute approximate surface area is 96.1 Å². The molecule has 0 fully saturated rings. The molecule has 0 heterocycles. The fraction of sp³-hybridized carbons (Fsp3) is 0.500. The maximum Gasteiger partial charge on any atom is 0.115 e. The maximum atomic E-state index is 9.20. The van der Waals surface area contributed by atoms with Crippen molar-refractivity contribution >= 4 is 11.8 Å². The number of benzene rings is 1. The summed E-state index contributed by atoms with van der Waals surface area (Å²) in [7, 11) is 0. The second-order valence-corrected chi connectivity index (χ2v) is 4.48. The fourth-order valence-electron chi connectivity index (χ4n) is 1.54. The van der Waals surface area contributed by atoms with Crippen molar-refractivity contribution in [2.45, 2.75) is 19.4 Å². The standard InChI is InChI=1S/C12H19NOS/c1-3-12(13-8-9-15-2)10-4-6-11(14)7-5-10/h4-7,12-14H,3,8-9H2,1-2H3. The Kier molecular flexibility index (Phi) is 5.58. The molecule has 3 heteroatoms. The van der Waals surface area contributed by atoms with Gasteiger partial charge in [0.1, 0.15) is 5.75 Å². The molecule has 1 aromatic carbocycles. The molecule has 2 nitrogen and oxygen atoms in total. The second kappa shape index (κ2) is 6.75. The molecule has 0 saturated heterocycles. The molecule has 15 heavy (non-hydrogen) atoms. The van der Waals surface area contributed by atoms with Gasteiger partial charge in [0.15, 0.2) is 0 Å². The Morgan fingerprint density at radius 2 is 2.00 bits per heavy atom. The Bertz CT molecular complexity index is 273. The Balaban J connectivity index is 2.53. The summed E-state index contributed by atoms with van der Waals surface area (Å²) in [6.45, 7) is 3.20. The summed E-state index contributed by atoms with van der Waals surface area (Å²) in [5.41, 5.74) is 1.25. The zero-order chi connectivity index (χ0) is 11.1. The molecule has 0 aliphatic heterocycles. The highest BCUT2D eigenvalue weighted by Crippen LogP contribution is 2.19. The third kappa shape index (κ3) is 4.14. The van der Waals surface area contributed by atoms with Crippen LogP contribution in [0.15, 0.2) is 24.3 Å². The van der Waals surface area contributed by atoms with E-state index in [-0.39, 0.29) is 0 Å². The highest BCUT2D eigenvalue weighted by Gasteiger charge is 2.07. The van der Waals surface area contributed by atoms with Gasteiger partial charge in [-0.3, -0.25) is 0 Å². The van der Waals surface area contributed by atoms with Crippen LogP contribution < -0.4 is 5.32 Å². The third-order valence-electron chi connectivity index (χ3n) is 2.40. The Morgan fingerprint density at radius 1 is 1.33 bits per heavy atom. The second-order valence-electron chi connectivity index (χ2n) is 3.50. The molecule has 1 atom stereocenters. The van der Waals surface area contributed by atoms with Crippen LogP contribution in [0.5, 0.6) is 5.75 Å². The molecular formula is C12H19NOS. The molecule has 84 valence electrons. The third-order valence-corrected chi connectivity index (χ3v) is 3.01. The van der Waals surface area contributed by atoms with E-state index in [9.17, 15) is 5.11 Å². The van der Waals surface area contributed by atoms with Crippen molar-refractivity contribution in [3.8, 4) is 5.75 Å². The van der Waals surface area contributed by atoms with Crippen molar-refractivity contribution in [3.63, 3.8) is 0 Å². The monoisotopic (exact) mass is 225 g/mol. The molecule has 1 rings (SSSR count). The zero-order valence-electron chi connectivity index (χ0n) is 9.36. The molecule has 0 bridgehead atoms.